The number of rotatable bonds is 9. The summed E-state index contributed by atoms with van der Waals surface area (Å²) in [6.07, 6.45) is 8.88. The maximum Gasteiger partial charge on any atom is 0.254 e. The fourth-order valence-corrected chi connectivity index (χ4v) is 8.43. The maximum absolute atomic E-state index is 14.8. The zero-order chi connectivity index (χ0) is 32.8. The Bertz CT molecular complexity index is 1960. The molecule has 3 aliphatic rings. The van der Waals surface area contributed by atoms with Crippen molar-refractivity contribution in [2.24, 2.45) is 11.8 Å². The number of aromatic nitrogens is 2. The number of ketones is 1. The molecular formula is C36H32N6O4S. The van der Waals surface area contributed by atoms with Crippen molar-refractivity contribution in [1.29, 1.82) is 5.26 Å². The third kappa shape index (κ3) is 5.71. The van der Waals surface area contributed by atoms with Gasteiger partial charge >= 0.3 is 0 Å². The summed E-state index contributed by atoms with van der Waals surface area (Å²) in [5.41, 5.74) is 2.49. The highest BCUT2D eigenvalue weighted by Crippen LogP contribution is 2.53. The minimum absolute atomic E-state index is 0.0768. The van der Waals surface area contributed by atoms with Gasteiger partial charge in [0.15, 0.2) is 5.78 Å². The predicted octanol–water partition coefficient (Wildman–Crippen LogP) is 3.66. The van der Waals surface area contributed by atoms with E-state index < -0.39 is 15.6 Å². The first kappa shape index (κ1) is 30.5. The van der Waals surface area contributed by atoms with Crippen LogP contribution in [0.3, 0.4) is 0 Å². The highest BCUT2D eigenvalue weighted by molar-refractivity contribution is 7.89. The maximum atomic E-state index is 14.8. The molecule has 47 heavy (non-hydrogen) atoms. The largest absolute Gasteiger partial charge is 0.357 e. The number of hydrogen-bond donors (Lipinski definition) is 1. The van der Waals surface area contributed by atoms with Gasteiger partial charge in [-0.2, -0.15) is 9.57 Å². The van der Waals surface area contributed by atoms with E-state index in [4.69, 9.17) is 0 Å². The van der Waals surface area contributed by atoms with E-state index >= 15 is 0 Å². The van der Waals surface area contributed by atoms with Crippen LogP contribution in [0.15, 0.2) is 114 Å². The number of benzene rings is 2. The van der Waals surface area contributed by atoms with Gasteiger partial charge in [0.25, 0.3) is 5.91 Å². The zero-order valence-corrected chi connectivity index (χ0v) is 26.5. The average Bonchev–Trinajstić information content (AvgIpc) is 3.41. The molecule has 2 saturated heterocycles. The third-order valence-electron chi connectivity index (χ3n) is 9.40. The number of pyridine rings is 2. The Balaban J connectivity index is 1.23. The fraction of sp³-hybridized carbons (Fsp3) is 0.250. The smallest absolute Gasteiger partial charge is 0.254 e. The summed E-state index contributed by atoms with van der Waals surface area (Å²) in [4.78, 5) is 38.6. The van der Waals surface area contributed by atoms with Crippen molar-refractivity contribution in [3.8, 4) is 6.07 Å². The van der Waals surface area contributed by atoms with E-state index in [1.54, 1.807) is 78.2 Å². The number of nitrogens with one attached hydrogen (secondary N) is 1. The third-order valence-corrected chi connectivity index (χ3v) is 11.2. The molecule has 3 atom stereocenters. The van der Waals surface area contributed by atoms with Crippen molar-refractivity contribution < 1.29 is 18.0 Å². The van der Waals surface area contributed by atoms with Gasteiger partial charge in [-0.3, -0.25) is 24.5 Å². The van der Waals surface area contributed by atoms with Crippen LogP contribution < -0.4 is 5.32 Å². The Morgan fingerprint density at radius 1 is 0.915 bits per heavy atom. The normalized spacial score (nSPS) is 22.5. The second-order valence-corrected chi connectivity index (χ2v) is 14.4. The molecule has 1 amide bonds. The number of sulfonamides is 1. The molecule has 7 rings (SSSR count). The van der Waals surface area contributed by atoms with Crippen LogP contribution in [0, 0.1) is 30.1 Å². The van der Waals surface area contributed by atoms with Crippen LogP contribution in [0.5, 0.6) is 0 Å². The van der Waals surface area contributed by atoms with Crippen molar-refractivity contribution in [3.63, 3.8) is 0 Å². The summed E-state index contributed by atoms with van der Waals surface area (Å²) in [7, 11) is -3.69. The number of nitrogens with zero attached hydrogens (tertiary/aromatic N) is 5. The second kappa shape index (κ2) is 11.9. The highest BCUT2D eigenvalue weighted by atomic mass is 32.2. The molecule has 2 aliphatic heterocycles. The van der Waals surface area contributed by atoms with Crippen LogP contribution in [0.4, 0.5) is 0 Å². The van der Waals surface area contributed by atoms with E-state index in [1.807, 2.05) is 31.2 Å². The van der Waals surface area contributed by atoms with Gasteiger partial charge in [0.05, 0.1) is 16.5 Å². The number of allylic oxidation sites excluding steroid dienone is 1. The fourth-order valence-electron chi connectivity index (χ4n) is 6.91. The van der Waals surface area contributed by atoms with E-state index in [1.165, 1.54) is 10.4 Å². The summed E-state index contributed by atoms with van der Waals surface area (Å²) in [6.45, 7) is 2.48. The van der Waals surface area contributed by atoms with Crippen molar-refractivity contribution in [1.82, 2.24) is 24.5 Å². The summed E-state index contributed by atoms with van der Waals surface area (Å²) in [5, 5.41) is 12.7. The lowest BCUT2D eigenvalue weighted by Crippen LogP contribution is -2.51. The molecular weight excluding hydrogens is 613 g/mol. The number of aryl methyl sites for hydroxylation is 1. The first-order valence-corrected chi connectivity index (χ1v) is 16.9. The Morgan fingerprint density at radius 3 is 2.00 bits per heavy atom. The van der Waals surface area contributed by atoms with Gasteiger partial charge in [-0.05, 0) is 78.7 Å². The monoisotopic (exact) mass is 644 g/mol. The lowest BCUT2D eigenvalue weighted by atomic mass is 9.85. The first-order valence-electron chi connectivity index (χ1n) is 15.4. The van der Waals surface area contributed by atoms with Crippen molar-refractivity contribution in [3.05, 3.63) is 137 Å². The van der Waals surface area contributed by atoms with E-state index in [0.29, 0.717) is 29.8 Å². The van der Waals surface area contributed by atoms with Crippen molar-refractivity contribution >= 4 is 21.7 Å². The molecule has 10 nitrogen and oxygen atoms in total. The number of fused-ring (bicyclic) bond motifs is 1. The Kier molecular flexibility index (Phi) is 7.70. The molecule has 2 aromatic heterocycles. The number of amides is 1. The molecule has 11 heteroatoms. The topological polar surface area (TPSA) is 136 Å². The zero-order valence-electron chi connectivity index (χ0n) is 25.7. The summed E-state index contributed by atoms with van der Waals surface area (Å²) in [6, 6.07) is 22.5. The standard InChI is InChI=1S/C36H32N6O4S/c1-24-2-8-29(9-3-24)47(45,46)41-22-30-31(23-41)34(30)42-33(18-32(43)28-6-4-27(21-37)5-7-28)40-36(35(42)44,19-25-10-14-38-15-11-25)20-26-12-16-39-17-13-26/h2-18,30-31,34,40H,19-20,22-23H2,1H3/b33-18+/t30-,31+,34?. The summed E-state index contributed by atoms with van der Waals surface area (Å²) >= 11 is 0. The van der Waals surface area contributed by atoms with Crippen LogP contribution in [0.25, 0.3) is 0 Å². The number of carbonyl (C=O) groups is 2. The van der Waals surface area contributed by atoms with Gasteiger partial charge in [0.1, 0.15) is 11.4 Å². The molecule has 1 saturated carbocycles. The Morgan fingerprint density at radius 2 is 1.47 bits per heavy atom. The Hall–Kier alpha value is -5.18. The molecule has 236 valence electrons. The lowest BCUT2D eigenvalue weighted by Gasteiger charge is -2.28. The van der Waals surface area contributed by atoms with Gasteiger partial charge < -0.3 is 5.32 Å². The quantitative estimate of drug-likeness (QED) is 0.216. The van der Waals surface area contributed by atoms with E-state index in [0.717, 1.165) is 16.7 Å². The number of piperidine rings is 1. The van der Waals surface area contributed by atoms with Crippen LogP contribution >= 0.6 is 0 Å². The van der Waals surface area contributed by atoms with Gasteiger partial charge in [0, 0.05) is 80.2 Å². The molecule has 0 bridgehead atoms. The van der Waals surface area contributed by atoms with Gasteiger partial charge in [0.2, 0.25) is 10.0 Å². The van der Waals surface area contributed by atoms with E-state index in [9.17, 15) is 23.3 Å². The molecule has 1 N–H and O–H groups in total. The molecule has 0 radical (unpaired) electrons. The number of nitriles is 1. The van der Waals surface area contributed by atoms with E-state index in [2.05, 4.69) is 21.4 Å². The molecule has 1 unspecified atom stereocenters. The van der Waals surface area contributed by atoms with Gasteiger partial charge in [-0.15, -0.1) is 0 Å². The minimum Gasteiger partial charge on any atom is -0.357 e. The predicted molar refractivity (Wildman–Crippen MR) is 173 cm³/mol. The molecule has 2 aromatic carbocycles. The van der Waals surface area contributed by atoms with Crippen LogP contribution in [0.1, 0.15) is 32.6 Å². The first-order chi connectivity index (χ1) is 22.7. The molecule has 4 heterocycles. The SMILES string of the molecule is Cc1ccc(S(=O)(=O)N2C[C@@H]3C(N4C(=O)C(Cc5ccncc5)(Cc5ccncc5)N/C4=C\C(=O)c4ccc(C#N)cc4)[C@@H]3C2)cc1. The van der Waals surface area contributed by atoms with Crippen molar-refractivity contribution in [2.45, 2.75) is 36.2 Å². The molecule has 0 spiro atoms. The minimum atomic E-state index is -3.69. The summed E-state index contributed by atoms with van der Waals surface area (Å²) in [5.74, 6) is -0.246. The molecule has 1 aliphatic carbocycles. The van der Waals surface area contributed by atoms with Gasteiger partial charge in [-0.1, -0.05) is 17.7 Å². The van der Waals surface area contributed by atoms with Gasteiger partial charge in [-0.25, -0.2) is 8.42 Å². The average molecular weight is 645 g/mol. The molecule has 4 aromatic rings. The van der Waals surface area contributed by atoms with Crippen molar-refractivity contribution in [2.75, 3.05) is 13.1 Å². The molecule has 3 fully saturated rings. The van der Waals surface area contributed by atoms with E-state index in [-0.39, 0.29) is 47.6 Å². The lowest BCUT2D eigenvalue weighted by molar-refractivity contribution is -0.132. The Labute approximate surface area is 273 Å². The van der Waals surface area contributed by atoms with Crippen LogP contribution in [-0.4, -0.2) is 64.0 Å². The van der Waals surface area contributed by atoms with Crippen LogP contribution in [0.2, 0.25) is 0 Å². The number of hydrogen-bond acceptors (Lipinski definition) is 8. The summed E-state index contributed by atoms with van der Waals surface area (Å²) < 4.78 is 28.4. The highest BCUT2D eigenvalue weighted by Gasteiger charge is 2.65. The second-order valence-electron chi connectivity index (χ2n) is 12.5. The van der Waals surface area contributed by atoms with Crippen LogP contribution in [-0.2, 0) is 27.7 Å². The number of carbonyl (C=O) groups excluding carboxylic acids is 2.